The van der Waals surface area contributed by atoms with E-state index in [0.717, 1.165) is 0 Å². The molecule has 5 nitrogen and oxygen atoms in total. The molecule has 0 spiro atoms. The van der Waals surface area contributed by atoms with Gasteiger partial charge in [-0.05, 0) is 18.2 Å². The van der Waals surface area contributed by atoms with Gasteiger partial charge in [-0.15, -0.1) is 0 Å². The summed E-state index contributed by atoms with van der Waals surface area (Å²) in [5.74, 6) is -4.81. The van der Waals surface area contributed by atoms with Gasteiger partial charge in [0.2, 0.25) is 10.0 Å². The third-order valence-electron chi connectivity index (χ3n) is 2.20. The van der Waals surface area contributed by atoms with Crippen LogP contribution in [0.1, 0.15) is 0 Å². The van der Waals surface area contributed by atoms with Gasteiger partial charge in [-0.1, -0.05) is 0 Å². The standard InChI is InChI=1S/C10H8F5NO4S/c11-7-2-1-6(3-8(7)12)21(19,20)16(4-9(17)18)5-10(13,14)15/h1-3H,4-5H2,(H,17,18). The predicted molar refractivity (Wildman–Crippen MR) is 58.8 cm³/mol. The second kappa shape index (κ2) is 5.93. The average molecular weight is 333 g/mol. The third-order valence-corrected chi connectivity index (χ3v) is 3.98. The lowest BCUT2D eigenvalue weighted by Crippen LogP contribution is -2.42. The monoisotopic (exact) mass is 333 g/mol. The highest BCUT2D eigenvalue weighted by molar-refractivity contribution is 7.89. The lowest BCUT2D eigenvalue weighted by molar-refractivity contribution is -0.146. The number of carbonyl (C=O) groups is 1. The number of sulfonamides is 1. The van der Waals surface area contributed by atoms with Gasteiger partial charge in [0.25, 0.3) is 0 Å². The number of alkyl halides is 3. The molecule has 118 valence electrons. The van der Waals surface area contributed by atoms with Crippen molar-refractivity contribution < 1.29 is 40.3 Å². The first-order valence-electron chi connectivity index (χ1n) is 5.17. The Morgan fingerprint density at radius 2 is 1.76 bits per heavy atom. The topological polar surface area (TPSA) is 74.7 Å². The molecular formula is C10H8F5NO4S. The number of hydrogen-bond donors (Lipinski definition) is 1. The molecule has 0 saturated heterocycles. The molecule has 0 unspecified atom stereocenters. The molecule has 0 fully saturated rings. The molecule has 1 rings (SSSR count). The van der Waals surface area contributed by atoms with Gasteiger partial charge in [0.05, 0.1) is 4.90 Å². The second-order valence-electron chi connectivity index (χ2n) is 3.86. The number of hydrogen-bond acceptors (Lipinski definition) is 3. The van der Waals surface area contributed by atoms with Crippen molar-refractivity contribution in [3.63, 3.8) is 0 Å². The fourth-order valence-corrected chi connectivity index (χ4v) is 2.75. The molecule has 1 N–H and O–H groups in total. The van der Waals surface area contributed by atoms with E-state index >= 15 is 0 Å². The van der Waals surface area contributed by atoms with Crippen molar-refractivity contribution in [1.29, 1.82) is 0 Å². The van der Waals surface area contributed by atoms with E-state index in [9.17, 15) is 35.2 Å². The van der Waals surface area contributed by atoms with E-state index in [-0.39, 0.29) is 10.4 Å². The number of rotatable bonds is 5. The fraction of sp³-hybridized carbons (Fsp3) is 0.300. The van der Waals surface area contributed by atoms with Gasteiger partial charge in [-0.25, -0.2) is 17.2 Å². The molecule has 0 saturated carbocycles. The molecule has 0 bridgehead atoms. The highest BCUT2D eigenvalue weighted by Gasteiger charge is 2.38. The molecule has 0 radical (unpaired) electrons. The lowest BCUT2D eigenvalue weighted by atomic mass is 10.3. The smallest absolute Gasteiger partial charge is 0.402 e. The first-order chi connectivity index (χ1) is 9.43. The summed E-state index contributed by atoms with van der Waals surface area (Å²) >= 11 is 0. The zero-order valence-corrected chi connectivity index (χ0v) is 10.9. The lowest BCUT2D eigenvalue weighted by Gasteiger charge is -2.21. The molecule has 11 heteroatoms. The SMILES string of the molecule is O=C(O)CN(CC(F)(F)F)S(=O)(=O)c1ccc(F)c(F)c1. The summed E-state index contributed by atoms with van der Waals surface area (Å²) in [6.45, 7) is -3.54. The molecule has 0 aliphatic carbocycles. The van der Waals surface area contributed by atoms with E-state index < -0.39 is 51.8 Å². The maximum absolute atomic E-state index is 13.0. The number of halogens is 5. The van der Waals surface area contributed by atoms with Crippen LogP contribution in [0.3, 0.4) is 0 Å². The molecule has 1 aromatic rings. The quantitative estimate of drug-likeness (QED) is 0.831. The number of nitrogens with zero attached hydrogens (tertiary/aromatic N) is 1. The Labute approximate surface area is 115 Å². The minimum Gasteiger partial charge on any atom is -0.480 e. The minimum atomic E-state index is -5.00. The van der Waals surface area contributed by atoms with Crippen LogP contribution >= 0.6 is 0 Å². The summed E-state index contributed by atoms with van der Waals surface area (Å²) in [6.07, 6.45) is -5.00. The zero-order chi connectivity index (χ0) is 16.4. The molecule has 0 aliphatic rings. The Hall–Kier alpha value is -1.75. The van der Waals surface area contributed by atoms with Crippen LogP contribution in [0.4, 0.5) is 22.0 Å². The van der Waals surface area contributed by atoms with Gasteiger partial charge in [0.15, 0.2) is 11.6 Å². The first-order valence-corrected chi connectivity index (χ1v) is 6.61. The highest BCUT2D eigenvalue weighted by Crippen LogP contribution is 2.23. The largest absolute Gasteiger partial charge is 0.480 e. The van der Waals surface area contributed by atoms with E-state index in [1.54, 1.807) is 0 Å². The average Bonchev–Trinajstić information content (AvgIpc) is 2.29. The van der Waals surface area contributed by atoms with Gasteiger partial charge >= 0.3 is 12.1 Å². The number of carboxylic acid groups (broad SMARTS) is 1. The molecule has 0 aliphatic heterocycles. The Morgan fingerprint density at radius 3 is 2.19 bits per heavy atom. The van der Waals surface area contributed by atoms with E-state index in [1.165, 1.54) is 0 Å². The number of carboxylic acids is 1. The van der Waals surface area contributed by atoms with Gasteiger partial charge in [0.1, 0.15) is 13.1 Å². The maximum atomic E-state index is 13.0. The van der Waals surface area contributed by atoms with Crippen LogP contribution < -0.4 is 0 Å². The molecule has 1 aromatic carbocycles. The maximum Gasteiger partial charge on any atom is 0.402 e. The van der Waals surface area contributed by atoms with Crippen molar-refractivity contribution >= 4 is 16.0 Å². The zero-order valence-electron chi connectivity index (χ0n) is 10.1. The molecule has 0 amide bonds. The summed E-state index contributed by atoms with van der Waals surface area (Å²) in [4.78, 5) is 9.51. The van der Waals surface area contributed by atoms with Crippen LogP contribution in [-0.4, -0.2) is 43.1 Å². The Balaban J connectivity index is 3.25. The number of aliphatic carboxylic acids is 1. The van der Waals surface area contributed by atoms with E-state index in [4.69, 9.17) is 5.11 Å². The van der Waals surface area contributed by atoms with Crippen molar-refractivity contribution in [2.45, 2.75) is 11.1 Å². The summed E-state index contributed by atoms with van der Waals surface area (Å²) in [5, 5.41) is 8.48. The van der Waals surface area contributed by atoms with Gasteiger partial charge in [0, 0.05) is 0 Å². The third kappa shape index (κ3) is 4.63. The Bertz CT molecular complexity index is 643. The van der Waals surface area contributed by atoms with Crippen LogP contribution in [0.5, 0.6) is 0 Å². The molecule has 0 heterocycles. The van der Waals surface area contributed by atoms with Crippen LogP contribution in [0.2, 0.25) is 0 Å². The van der Waals surface area contributed by atoms with E-state index in [0.29, 0.717) is 12.1 Å². The Kier molecular flexibility index (Phi) is 4.89. The normalized spacial score (nSPS) is 12.7. The molecular weight excluding hydrogens is 325 g/mol. The van der Waals surface area contributed by atoms with Crippen LogP contribution in [0.15, 0.2) is 23.1 Å². The summed E-state index contributed by atoms with van der Waals surface area (Å²) in [7, 11) is -4.94. The summed E-state index contributed by atoms with van der Waals surface area (Å²) in [6, 6.07) is 1.13. The molecule has 0 aromatic heterocycles. The van der Waals surface area contributed by atoms with Crippen LogP contribution in [-0.2, 0) is 14.8 Å². The summed E-state index contributed by atoms with van der Waals surface area (Å²) in [5.41, 5.74) is 0. The van der Waals surface area contributed by atoms with Crippen molar-refractivity contribution in [2.75, 3.05) is 13.1 Å². The van der Waals surface area contributed by atoms with Crippen LogP contribution in [0, 0.1) is 11.6 Å². The van der Waals surface area contributed by atoms with Crippen molar-refractivity contribution in [3.05, 3.63) is 29.8 Å². The van der Waals surface area contributed by atoms with Crippen molar-refractivity contribution in [2.24, 2.45) is 0 Å². The highest BCUT2D eigenvalue weighted by atomic mass is 32.2. The minimum absolute atomic E-state index is 0.176. The first kappa shape index (κ1) is 17.3. The van der Waals surface area contributed by atoms with E-state index in [1.807, 2.05) is 0 Å². The fourth-order valence-electron chi connectivity index (χ4n) is 1.36. The van der Waals surface area contributed by atoms with E-state index in [2.05, 4.69) is 0 Å². The molecule has 0 atom stereocenters. The van der Waals surface area contributed by atoms with Crippen molar-refractivity contribution in [1.82, 2.24) is 4.31 Å². The van der Waals surface area contributed by atoms with Gasteiger partial charge in [-0.2, -0.15) is 17.5 Å². The van der Waals surface area contributed by atoms with Crippen molar-refractivity contribution in [3.8, 4) is 0 Å². The van der Waals surface area contributed by atoms with Gasteiger partial charge in [-0.3, -0.25) is 4.79 Å². The Morgan fingerprint density at radius 1 is 1.19 bits per heavy atom. The predicted octanol–water partition coefficient (Wildman–Crippen LogP) is 1.60. The summed E-state index contributed by atoms with van der Waals surface area (Å²) < 4.78 is 86.0. The second-order valence-corrected chi connectivity index (χ2v) is 5.80. The number of benzene rings is 1. The molecule has 21 heavy (non-hydrogen) atoms. The van der Waals surface area contributed by atoms with Gasteiger partial charge < -0.3 is 5.11 Å². The van der Waals surface area contributed by atoms with Crippen LogP contribution in [0.25, 0.3) is 0 Å².